The highest BCUT2D eigenvalue weighted by atomic mass is 32.1. The minimum Gasteiger partial charge on any atom is -0.311 e. The second-order valence-corrected chi connectivity index (χ2v) is 32.3. The molecule has 0 saturated carbocycles. The molecule has 4 aliphatic carbocycles. The summed E-state index contributed by atoms with van der Waals surface area (Å²) < 4.78 is 2.87. The van der Waals surface area contributed by atoms with Gasteiger partial charge in [0.15, 0.2) is 0 Å². The van der Waals surface area contributed by atoms with Crippen molar-refractivity contribution in [1.82, 2.24) is 0 Å². The van der Waals surface area contributed by atoms with E-state index < -0.39 is 0 Å². The quantitative estimate of drug-likeness (QED) is 0.159. The average molecular weight is 1080 g/mol. The first-order valence-corrected chi connectivity index (χ1v) is 31.7. The van der Waals surface area contributed by atoms with Crippen molar-refractivity contribution in [2.75, 3.05) is 14.7 Å². The lowest BCUT2D eigenvalue weighted by molar-refractivity contribution is 0.332. The smallest absolute Gasteiger partial charge is 0.264 e. The first-order chi connectivity index (χ1) is 38.1. The van der Waals surface area contributed by atoms with Crippen LogP contribution in [0.5, 0.6) is 0 Å². The first kappa shape index (κ1) is 53.0. The summed E-state index contributed by atoms with van der Waals surface area (Å²) >= 11 is 2.09. The molecule has 3 heterocycles. The van der Waals surface area contributed by atoms with Gasteiger partial charge in [-0.15, -0.1) is 11.3 Å². The largest absolute Gasteiger partial charge is 0.311 e. The van der Waals surface area contributed by atoms with Crippen molar-refractivity contribution in [2.45, 2.75) is 205 Å². The zero-order valence-corrected chi connectivity index (χ0v) is 52.5. The first-order valence-electron chi connectivity index (χ1n) is 30.9. The van der Waals surface area contributed by atoms with Crippen molar-refractivity contribution in [3.8, 4) is 0 Å². The Labute approximate surface area is 490 Å². The molecular formula is C76H86BN3S. The lowest BCUT2D eigenvalue weighted by atomic mass is 9.35. The average Bonchev–Trinajstić information content (AvgIpc) is 4.09. The van der Waals surface area contributed by atoms with Crippen molar-refractivity contribution < 1.29 is 0 Å². The van der Waals surface area contributed by atoms with E-state index in [0.717, 1.165) is 36.3 Å². The van der Waals surface area contributed by atoms with E-state index in [4.69, 9.17) is 0 Å². The molecule has 3 nitrogen and oxygen atoms in total. The van der Waals surface area contributed by atoms with Crippen LogP contribution in [-0.4, -0.2) is 6.71 Å². The lowest BCUT2D eigenvalue weighted by Gasteiger charge is -2.48. The van der Waals surface area contributed by atoms with Crippen LogP contribution in [0.3, 0.4) is 0 Å². The van der Waals surface area contributed by atoms with Gasteiger partial charge in [-0.3, -0.25) is 0 Å². The van der Waals surface area contributed by atoms with Crippen molar-refractivity contribution in [2.24, 2.45) is 0 Å². The Hall–Kier alpha value is -6.04. The van der Waals surface area contributed by atoms with Crippen molar-refractivity contribution in [3.05, 3.63) is 178 Å². The molecule has 1 aromatic heterocycles. The molecule has 0 bridgehead atoms. The lowest BCUT2D eigenvalue weighted by Crippen LogP contribution is -2.61. The zero-order valence-electron chi connectivity index (χ0n) is 51.7. The molecule has 0 spiro atoms. The number of hydrogen-bond acceptors (Lipinski definition) is 4. The van der Waals surface area contributed by atoms with E-state index in [1.165, 1.54) is 137 Å². The highest BCUT2D eigenvalue weighted by Crippen LogP contribution is 2.58. The number of nitrogens with zero attached hydrogens (tertiary/aromatic N) is 3. The number of hydrogen-bond donors (Lipinski definition) is 0. The fraction of sp³-hybridized carbons (Fsp3) is 0.421. The monoisotopic (exact) mass is 1080 g/mol. The predicted octanol–water partition coefficient (Wildman–Crippen LogP) is 19.8. The van der Waals surface area contributed by atoms with Gasteiger partial charge in [-0.1, -0.05) is 165 Å². The van der Waals surface area contributed by atoms with Crippen LogP contribution in [-0.2, 0) is 43.3 Å². The zero-order chi connectivity index (χ0) is 56.9. The Bertz CT molecular complexity index is 3880. The van der Waals surface area contributed by atoms with Crippen LogP contribution in [0.4, 0.5) is 51.2 Å². The van der Waals surface area contributed by atoms with Gasteiger partial charge in [0.1, 0.15) is 0 Å². The van der Waals surface area contributed by atoms with Crippen LogP contribution < -0.4 is 30.4 Å². The number of fused-ring (bicyclic) bond motifs is 10. The fourth-order valence-corrected chi connectivity index (χ4v) is 17.6. The summed E-state index contributed by atoms with van der Waals surface area (Å²) in [5.74, 6) is 0. The summed E-state index contributed by atoms with van der Waals surface area (Å²) in [4.78, 5) is 8.08. The molecule has 8 aromatic rings. The third kappa shape index (κ3) is 7.92. The van der Waals surface area contributed by atoms with Crippen LogP contribution in [0.2, 0.25) is 0 Å². The Morgan fingerprint density at radius 3 is 1.21 bits per heavy atom. The van der Waals surface area contributed by atoms with Gasteiger partial charge in [-0.2, -0.15) is 0 Å². The molecule has 414 valence electrons. The summed E-state index contributed by atoms with van der Waals surface area (Å²) in [6, 6.07) is 53.6. The van der Waals surface area contributed by atoms with E-state index >= 15 is 0 Å². The summed E-state index contributed by atoms with van der Waals surface area (Å²) in [6.45, 7) is 39.9. The topological polar surface area (TPSA) is 9.72 Å². The summed E-state index contributed by atoms with van der Waals surface area (Å²) in [5, 5.41) is 1.39. The number of para-hydroxylation sites is 2. The molecular weight excluding hydrogens is 998 g/mol. The Kier molecular flexibility index (Phi) is 11.3. The molecule has 0 radical (unpaired) electrons. The van der Waals surface area contributed by atoms with Gasteiger partial charge in [0.25, 0.3) is 6.71 Å². The summed E-state index contributed by atoms with van der Waals surface area (Å²) in [7, 11) is 0. The van der Waals surface area contributed by atoms with E-state index in [0.29, 0.717) is 0 Å². The Balaban J connectivity index is 1.17. The van der Waals surface area contributed by atoms with Crippen LogP contribution in [0, 0.1) is 0 Å². The van der Waals surface area contributed by atoms with Crippen molar-refractivity contribution >= 4 is 95.0 Å². The van der Waals surface area contributed by atoms with Crippen LogP contribution >= 0.6 is 11.3 Å². The van der Waals surface area contributed by atoms with E-state index in [9.17, 15) is 0 Å². The molecule has 81 heavy (non-hydrogen) atoms. The van der Waals surface area contributed by atoms with Gasteiger partial charge >= 0.3 is 0 Å². The van der Waals surface area contributed by atoms with Crippen LogP contribution in [0.1, 0.15) is 207 Å². The minimum atomic E-state index is -0.00830. The van der Waals surface area contributed by atoms with Gasteiger partial charge in [0.2, 0.25) is 0 Å². The maximum absolute atomic E-state index is 2.79. The maximum atomic E-state index is 2.79. The molecule has 7 aromatic carbocycles. The molecule has 0 N–H and O–H groups in total. The van der Waals surface area contributed by atoms with E-state index in [-0.39, 0.29) is 50.0 Å². The molecule has 2 aliphatic heterocycles. The minimum absolute atomic E-state index is 0.00830. The fourth-order valence-electron chi connectivity index (χ4n) is 16.3. The van der Waals surface area contributed by atoms with Gasteiger partial charge in [0, 0.05) is 54.7 Å². The van der Waals surface area contributed by atoms with Crippen LogP contribution in [0.25, 0.3) is 10.1 Å². The van der Waals surface area contributed by atoms with Crippen molar-refractivity contribution in [3.63, 3.8) is 0 Å². The Morgan fingerprint density at radius 1 is 0.358 bits per heavy atom. The molecule has 0 saturated heterocycles. The number of benzene rings is 7. The van der Waals surface area contributed by atoms with E-state index in [2.05, 4.69) is 270 Å². The highest BCUT2D eigenvalue weighted by Gasteiger charge is 2.50. The third-order valence-corrected chi connectivity index (χ3v) is 23.3. The van der Waals surface area contributed by atoms with Crippen molar-refractivity contribution in [1.29, 1.82) is 0 Å². The van der Waals surface area contributed by atoms with E-state index in [1.54, 1.807) is 0 Å². The molecule has 14 rings (SSSR count). The molecule has 6 aliphatic rings. The molecule has 0 unspecified atom stereocenters. The van der Waals surface area contributed by atoms with Gasteiger partial charge in [0.05, 0.1) is 11.4 Å². The third-order valence-electron chi connectivity index (χ3n) is 22.1. The van der Waals surface area contributed by atoms with Crippen LogP contribution in [0.15, 0.2) is 133 Å². The molecule has 0 atom stereocenters. The number of rotatable bonds is 5. The second-order valence-electron chi connectivity index (χ2n) is 31.2. The van der Waals surface area contributed by atoms with Gasteiger partial charge < -0.3 is 14.7 Å². The normalized spacial score (nSPS) is 21.2. The number of anilines is 9. The second kappa shape index (κ2) is 17.3. The Morgan fingerprint density at radius 2 is 0.741 bits per heavy atom. The van der Waals surface area contributed by atoms with E-state index in [1.807, 2.05) is 0 Å². The number of thiophene rings is 1. The standard InChI is InChI=1S/C76H86BN3S/c1-69(2)31-33-71(5,6)55-39-49(27-29-53(55)69)79-62-45-59-58(74(11,12)36-37-75(59,13)14)44-61(62)77-66-63(79)41-51(78(47-23-19-17-20-24-47)48-25-21-18-22-26-48)42-64(66)80(50-28-30-54-56(40-50)72(7,8)34-32-70(54,3)4)67-52-43-57-60(46-65(52)81-68(67)77)76(15,16)38-35-73(57,9)10/h17-30,39-46H,31-38H2,1-16H3. The molecule has 0 amide bonds. The maximum Gasteiger partial charge on any atom is 0.264 e. The van der Waals surface area contributed by atoms with Gasteiger partial charge in [-0.25, -0.2) is 0 Å². The predicted molar refractivity (Wildman–Crippen MR) is 352 cm³/mol. The SMILES string of the molecule is CC1(C)CCC(C)(C)c2cc(N3c4cc5c(cc4B4c6sc7cc8c(cc7c6N(c6ccc7c(c6)C(C)(C)CCC7(C)C)c6cc(N(c7ccccc7)c7ccccc7)cc3c64)C(C)(C)CCC8(C)C)C(C)(C)CCC5(C)C)ccc21. The molecule has 0 fully saturated rings. The molecule has 5 heteroatoms. The summed E-state index contributed by atoms with van der Waals surface area (Å²) in [6.07, 6.45) is 9.38. The van der Waals surface area contributed by atoms with Gasteiger partial charge in [-0.05, 0) is 229 Å². The summed E-state index contributed by atoms with van der Waals surface area (Å²) in [5.41, 5.74) is 26.5. The highest BCUT2D eigenvalue weighted by molar-refractivity contribution is 7.33.